The summed E-state index contributed by atoms with van der Waals surface area (Å²) in [6, 6.07) is -0.416. The number of nitrogens with zero attached hydrogens (tertiary/aromatic N) is 1. The number of carbonyl (C=O) groups is 2. The topological polar surface area (TPSA) is 75.4 Å². The van der Waals surface area contributed by atoms with Crippen LogP contribution in [0.5, 0.6) is 0 Å². The number of hydrogen-bond acceptors (Lipinski definition) is 3. The summed E-state index contributed by atoms with van der Waals surface area (Å²) in [4.78, 5) is 25.0. The Labute approximate surface area is 90.0 Å². The molecule has 86 valence electrons. The molecule has 2 unspecified atom stereocenters. The smallest absolute Gasteiger partial charge is 0.243 e. The highest BCUT2D eigenvalue weighted by atomic mass is 16.2. The molecule has 1 heterocycles. The largest absolute Gasteiger partial charge is 0.353 e. The van der Waals surface area contributed by atoms with Crippen LogP contribution in [0.1, 0.15) is 27.2 Å². The van der Waals surface area contributed by atoms with Gasteiger partial charge in [0, 0.05) is 13.1 Å². The molecule has 0 bridgehead atoms. The number of nitrogens with one attached hydrogen (secondary N) is 1. The van der Waals surface area contributed by atoms with E-state index in [4.69, 9.17) is 5.73 Å². The Balaban J connectivity index is 2.79. The Morgan fingerprint density at radius 1 is 1.73 bits per heavy atom. The quantitative estimate of drug-likeness (QED) is 0.647. The molecule has 2 amide bonds. The maximum Gasteiger partial charge on any atom is 0.243 e. The monoisotopic (exact) mass is 213 g/mol. The summed E-state index contributed by atoms with van der Waals surface area (Å²) in [5.41, 5.74) is 5.01. The van der Waals surface area contributed by atoms with Crippen molar-refractivity contribution in [3.63, 3.8) is 0 Å². The van der Waals surface area contributed by atoms with E-state index in [1.807, 2.05) is 6.92 Å². The van der Waals surface area contributed by atoms with Gasteiger partial charge in [0.1, 0.15) is 6.04 Å². The van der Waals surface area contributed by atoms with Gasteiger partial charge in [-0.15, -0.1) is 0 Å². The van der Waals surface area contributed by atoms with Crippen molar-refractivity contribution in [2.45, 2.75) is 38.8 Å². The highest BCUT2D eigenvalue weighted by Gasteiger charge is 2.37. The molecule has 1 fully saturated rings. The average Bonchev–Trinajstić information content (AvgIpc) is 2.21. The summed E-state index contributed by atoms with van der Waals surface area (Å²) in [5.74, 6) is -0.256. The molecule has 15 heavy (non-hydrogen) atoms. The van der Waals surface area contributed by atoms with E-state index in [-0.39, 0.29) is 11.8 Å². The third-order valence-corrected chi connectivity index (χ3v) is 2.98. The van der Waals surface area contributed by atoms with Gasteiger partial charge in [0.05, 0.1) is 5.54 Å². The summed E-state index contributed by atoms with van der Waals surface area (Å²) < 4.78 is 0. The molecular formula is C10H19N3O2. The van der Waals surface area contributed by atoms with Gasteiger partial charge in [-0.3, -0.25) is 9.59 Å². The third kappa shape index (κ3) is 2.28. The predicted octanol–water partition coefficient (Wildman–Crippen LogP) is -0.539. The fourth-order valence-electron chi connectivity index (χ4n) is 1.54. The molecule has 0 aromatic heterocycles. The van der Waals surface area contributed by atoms with Gasteiger partial charge < -0.3 is 16.0 Å². The minimum atomic E-state index is -0.869. The summed E-state index contributed by atoms with van der Waals surface area (Å²) in [7, 11) is 0. The Kier molecular flexibility index (Phi) is 3.34. The molecule has 1 aliphatic rings. The normalized spacial score (nSPS) is 25.7. The summed E-state index contributed by atoms with van der Waals surface area (Å²) in [5, 5.41) is 2.71. The second kappa shape index (κ2) is 4.18. The second-order valence-corrected chi connectivity index (χ2v) is 4.24. The minimum absolute atomic E-state index is 0.110. The first kappa shape index (κ1) is 12.0. The van der Waals surface area contributed by atoms with Crippen molar-refractivity contribution in [2.24, 2.45) is 5.73 Å². The first-order valence-corrected chi connectivity index (χ1v) is 5.28. The van der Waals surface area contributed by atoms with Crippen LogP contribution in [0.4, 0.5) is 0 Å². The van der Waals surface area contributed by atoms with Crippen LogP contribution in [0.2, 0.25) is 0 Å². The Morgan fingerprint density at radius 3 is 2.87 bits per heavy atom. The third-order valence-electron chi connectivity index (χ3n) is 2.98. The standard InChI is InChI=1S/C10H19N3O2/c1-4-10(3,11)9(15)13-6-5-12-8(14)7(13)2/h7H,4-6,11H2,1-3H3,(H,12,14). The number of rotatable bonds is 2. The first-order chi connectivity index (χ1) is 6.90. The lowest BCUT2D eigenvalue weighted by Crippen LogP contribution is -2.62. The SMILES string of the molecule is CCC(C)(N)C(=O)N1CCNC(=O)C1C. The van der Waals surface area contributed by atoms with Gasteiger partial charge in [0.15, 0.2) is 0 Å². The van der Waals surface area contributed by atoms with Gasteiger partial charge in [-0.2, -0.15) is 0 Å². The van der Waals surface area contributed by atoms with E-state index in [0.717, 1.165) is 0 Å². The van der Waals surface area contributed by atoms with Crippen molar-refractivity contribution in [3.05, 3.63) is 0 Å². The number of carbonyl (C=O) groups excluding carboxylic acids is 2. The van der Waals surface area contributed by atoms with Gasteiger partial charge in [-0.1, -0.05) is 6.92 Å². The zero-order valence-corrected chi connectivity index (χ0v) is 9.54. The van der Waals surface area contributed by atoms with Crippen LogP contribution >= 0.6 is 0 Å². The molecule has 1 aliphatic heterocycles. The molecule has 2 atom stereocenters. The van der Waals surface area contributed by atoms with Crippen molar-refractivity contribution in [1.82, 2.24) is 10.2 Å². The van der Waals surface area contributed by atoms with Crippen LogP contribution in [-0.2, 0) is 9.59 Å². The molecule has 5 nitrogen and oxygen atoms in total. The molecule has 0 aromatic rings. The average molecular weight is 213 g/mol. The van der Waals surface area contributed by atoms with Gasteiger partial charge in [0.25, 0.3) is 0 Å². The fourth-order valence-corrected chi connectivity index (χ4v) is 1.54. The summed E-state index contributed by atoms with van der Waals surface area (Å²) in [6.07, 6.45) is 0.566. The van der Waals surface area contributed by atoms with Crippen LogP contribution in [-0.4, -0.2) is 41.4 Å². The van der Waals surface area contributed by atoms with E-state index in [1.165, 1.54) is 0 Å². The van der Waals surface area contributed by atoms with E-state index in [1.54, 1.807) is 18.7 Å². The predicted molar refractivity (Wildman–Crippen MR) is 57.1 cm³/mol. The molecule has 0 aliphatic carbocycles. The molecular weight excluding hydrogens is 194 g/mol. The zero-order valence-electron chi connectivity index (χ0n) is 9.54. The van der Waals surface area contributed by atoms with E-state index >= 15 is 0 Å². The lowest BCUT2D eigenvalue weighted by Gasteiger charge is -2.37. The van der Waals surface area contributed by atoms with Crippen LogP contribution in [0.3, 0.4) is 0 Å². The number of hydrogen-bond donors (Lipinski definition) is 2. The van der Waals surface area contributed by atoms with Crippen molar-refractivity contribution in [2.75, 3.05) is 13.1 Å². The lowest BCUT2D eigenvalue weighted by atomic mass is 9.97. The maximum absolute atomic E-state index is 12.0. The number of piperazine rings is 1. The van der Waals surface area contributed by atoms with E-state index in [0.29, 0.717) is 19.5 Å². The second-order valence-electron chi connectivity index (χ2n) is 4.24. The van der Waals surface area contributed by atoms with Gasteiger partial charge in [-0.05, 0) is 20.3 Å². The zero-order chi connectivity index (χ0) is 11.6. The Bertz CT molecular complexity index is 276. The Hall–Kier alpha value is -1.10. The Morgan fingerprint density at radius 2 is 2.33 bits per heavy atom. The lowest BCUT2D eigenvalue weighted by molar-refractivity contribution is -0.146. The summed E-state index contributed by atoms with van der Waals surface area (Å²) in [6.45, 7) is 6.34. The van der Waals surface area contributed by atoms with Crippen molar-refractivity contribution in [1.29, 1.82) is 0 Å². The van der Waals surface area contributed by atoms with E-state index < -0.39 is 11.6 Å². The molecule has 0 aromatic carbocycles. The van der Waals surface area contributed by atoms with E-state index in [2.05, 4.69) is 5.32 Å². The van der Waals surface area contributed by atoms with Crippen molar-refractivity contribution >= 4 is 11.8 Å². The van der Waals surface area contributed by atoms with Crippen LogP contribution in [0, 0.1) is 0 Å². The number of nitrogens with two attached hydrogens (primary N) is 1. The molecule has 0 spiro atoms. The molecule has 0 saturated carbocycles. The highest BCUT2D eigenvalue weighted by Crippen LogP contribution is 2.14. The van der Waals surface area contributed by atoms with Gasteiger partial charge >= 0.3 is 0 Å². The molecule has 1 rings (SSSR count). The molecule has 1 saturated heterocycles. The van der Waals surface area contributed by atoms with Crippen LogP contribution in [0.15, 0.2) is 0 Å². The number of amides is 2. The van der Waals surface area contributed by atoms with Gasteiger partial charge in [-0.25, -0.2) is 0 Å². The van der Waals surface area contributed by atoms with Gasteiger partial charge in [0.2, 0.25) is 11.8 Å². The minimum Gasteiger partial charge on any atom is -0.353 e. The first-order valence-electron chi connectivity index (χ1n) is 5.28. The van der Waals surface area contributed by atoms with Crippen molar-refractivity contribution in [3.8, 4) is 0 Å². The van der Waals surface area contributed by atoms with Crippen LogP contribution < -0.4 is 11.1 Å². The van der Waals surface area contributed by atoms with Crippen LogP contribution in [0.25, 0.3) is 0 Å². The summed E-state index contributed by atoms with van der Waals surface area (Å²) >= 11 is 0. The highest BCUT2D eigenvalue weighted by molar-refractivity contribution is 5.92. The fraction of sp³-hybridized carbons (Fsp3) is 0.800. The molecule has 5 heteroatoms. The van der Waals surface area contributed by atoms with E-state index in [9.17, 15) is 9.59 Å². The molecule has 3 N–H and O–H groups in total. The van der Waals surface area contributed by atoms with Crippen molar-refractivity contribution < 1.29 is 9.59 Å². The molecule has 0 radical (unpaired) electrons. The maximum atomic E-state index is 12.0.